The molecule has 0 amide bonds. The third-order valence-corrected chi connectivity index (χ3v) is 5.42. The molecule has 1 unspecified atom stereocenters. The molecular formula is C24H26N4O3. The number of rotatable bonds is 8. The first-order valence-electron chi connectivity index (χ1n) is 10.2. The molecule has 0 aliphatic heterocycles. The van der Waals surface area contributed by atoms with E-state index < -0.39 is 6.10 Å². The second kappa shape index (κ2) is 9.16. The van der Waals surface area contributed by atoms with Gasteiger partial charge in [0.25, 0.3) is 0 Å². The van der Waals surface area contributed by atoms with Crippen LogP contribution in [0.15, 0.2) is 71.8 Å². The zero-order chi connectivity index (χ0) is 21.8. The van der Waals surface area contributed by atoms with E-state index in [4.69, 9.17) is 4.74 Å². The number of ether oxygens (including phenoxy) is 1. The van der Waals surface area contributed by atoms with E-state index in [2.05, 4.69) is 10.3 Å². The Morgan fingerprint density at radius 3 is 2.29 bits per heavy atom. The van der Waals surface area contributed by atoms with Crippen LogP contribution in [0.4, 0.5) is 0 Å². The van der Waals surface area contributed by atoms with Crippen molar-refractivity contribution in [3.63, 3.8) is 0 Å². The Bertz CT molecular complexity index is 1210. The van der Waals surface area contributed by atoms with Gasteiger partial charge in [-0.2, -0.15) is 0 Å². The topological polar surface area (TPSA) is 81.3 Å². The van der Waals surface area contributed by atoms with E-state index in [1.807, 2.05) is 54.6 Å². The predicted molar refractivity (Wildman–Crippen MR) is 120 cm³/mol. The summed E-state index contributed by atoms with van der Waals surface area (Å²) in [5, 5.41) is 14.0. The van der Waals surface area contributed by atoms with E-state index in [-0.39, 0.29) is 12.3 Å². The van der Waals surface area contributed by atoms with Gasteiger partial charge in [-0.05, 0) is 53.1 Å². The first kappa shape index (κ1) is 20.8. The molecule has 2 aromatic heterocycles. The highest BCUT2D eigenvalue weighted by Crippen LogP contribution is 2.21. The molecule has 0 fully saturated rings. The maximum atomic E-state index is 12.1. The number of imidazole rings is 1. The number of hydrogen-bond acceptors (Lipinski definition) is 5. The van der Waals surface area contributed by atoms with Gasteiger partial charge >= 0.3 is 5.69 Å². The van der Waals surface area contributed by atoms with Gasteiger partial charge in [0.1, 0.15) is 18.5 Å². The van der Waals surface area contributed by atoms with Crippen LogP contribution < -0.4 is 15.7 Å². The number of aryl methyl sites for hydroxylation is 2. The molecule has 31 heavy (non-hydrogen) atoms. The SMILES string of the molecule is Cn1c(=O)n(C)c2cc(C(O)COc3ccc(CNCc4ccncc4)cc3)ccc21. The number of nitrogens with one attached hydrogen (secondary N) is 1. The number of aliphatic hydroxyl groups excluding tert-OH is 1. The molecular weight excluding hydrogens is 392 g/mol. The quantitative estimate of drug-likeness (QED) is 0.460. The lowest BCUT2D eigenvalue weighted by Crippen LogP contribution is -2.19. The molecule has 0 aliphatic carbocycles. The third-order valence-electron chi connectivity index (χ3n) is 5.42. The molecule has 4 aromatic rings. The number of pyridine rings is 1. The molecule has 2 heterocycles. The first-order valence-corrected chi connectivity index (χ1v) is 10.2. The summed E-state index contributed by atoms with van der Waals surface area (Å²) < 4.78 is 8.94. The molecule has 0 spiro atoms. The molecule has 0 saturated carbocycles. The lowest BCUT2D eigenvalue weighted by molar-refractivity contribution is 0.108. The Morgan fingerprint density at radius 1 is 0.935 bits per heavy atom. The van der Waals surface area contributed by atoms with E-state index in [0.717, 1.165) is 29.7 Å². The van der Waals surface area contributed by atoms with Crippen molar-refractivity contribution in [1.29, 1.82) is 0 Å². The standard InChI is InChI=1S/C24H26N4O3/c1-27-21-8-5-19(13-22(21)28(2)24(27)30)23(29)16-31-20-6-3-17(4-7-20)14-26-15-18-9-11-25-12-10-18/h3-13,23,26,29H,14-16H2,1-2H3. The molecule has 1 atom stereocenters. The van der Waals surface area contributed by atoms with Gasteiger partial charge in [-0.15, -0.1) is 0 Å². The molecule has 0 radical (unpaired) electrons. The highest BCUT2D eigenvalue weighted by Gasteiger charge is 2.13. The number of benzene rings is 2. The highest BCUT2D eigenvalue weighted by atomic mass is 16.5. The van der Waals surface area contributed by atoms with Crippen LogP contribution in [0, 0.1) is 0 Å². The van der Waals surface area contributed by atoms with E-state index in [1.54, 1.807) is 35.6 Å². The van der Waals surface area contributed by atoms with Crippen molar-refractivity contribution in [3.05, 3.63) is 94.2 Å². The number of nitrogens with zero attached hydrogens (tertiary/aromatic N) is 3. The van der Waals surface area contributed by atoms with Gasteiger partial charge in [0.15, 0.2) is 0 Å². The smallest absolute Gasteiger partial charge is 0.328 e. The maximum Gasteiger partial charge on any atom is 0.328 e. The summed E-state index contributed by atoms with van der Waals surface area (Å²) >= 11 is 0. The van der Waals surface area contributed by atoms with Gasteiger partial charge in [0.05, 0.1) is 11.0 Å². The van der Waals surface area contributed by atoms with Gasteiger partial charge in [0.2, 0.25) is 0 Å². The number of aliphatic hydroxyl groups is 1. The summed E-state index contributed by atoms with van der Waals surface area (Å²) in [6.45, 7) is 1.66. The molecule has 7 heteroatoms. The second-order valence-corrected chi connectivity index (χ2v) is 7.58. The van der Waals surface area contributed by atoms with Crippen molar-refractivity contribution in [2.45, 2.75) is 19.2 Å². The van der Waals surface area contributed by atoms with Crippen molar-refractivity contribution < 1.29 is 9.84 Å². The molecule has 160 valence electrons. The Labute approximate surface area is 180 Å². The van der Waals surface area contributed by atoms with E-state index in [9.17, 15) is 9.90 Å². The van der Waals surface area contributed by atoms with Gasteiger partial charge in [-0.3, -0.25) is 14.1 Å². The Morgan fingerprint density at radius 2 is 1.58 bits per heavy atom. The van der Waals surface area contributed by atoms with Crippen LogP contribution in [0.2, 0.25) is 0 Å². The Balaban J connectivity index is 1.32. The summed E-state index contributed by atoms with van der Waals surface area (Å²) in [6.07, 6.45) is 2.79. The van der Waals surface area contributed by atoms with Crippen LogP contribution in [0.1, 0.15) is 22.8 Å². The van der Waals surface area contributed by atoms with Crippen LogP contribution in [0.3, 0.4) is 0 Å². The van der Waals surface area contributed by atoms with Crippen molar-refractivity contribution in [2.24, 2.45) is 14.1 Å². The van der Waals surface area contributed by atoms with Crippen LogP contribution in [0.5, 0.6) is 5.75 Å². The lowest BCUT2D eigenvalue weighted by Gasteiger charge is -2.14. The average Bonchev–Trinajstić information content (AvgIpc) is 3.02. The fourth-order valence-electron chi connectivity index (χ4n) is 3.56. The predicted octanol–water partition coefficient (Wildman–Crippen LogP) is 2.67. The minimum absolute atomic E-state index is 0.0896. The van der Waals surface area contributed by atoms with E-state index in [0.29, 0.717) is 11.3 Å². The zero-order valence-corrected chi connectivity index (χ0v) is 17.7. The molecule has 7 nitrogen and oxygen atoms in total. The van der Waals surface area contributed by atoms with Gasteiger partial charge < -0.3 is 15.2 Å². The van der Waals surface area contributed by atoms with Gasteiger partial charge in [-0.1, -0.05) is 18.2 Å². The van der Waals surface area contributed by atoms with Crippen molar-refractivity contribution in [3.8, 4) is 5.75 Å². The van der Waals surface area contributed by atoms with Gasteiger partial charge in [0, 0.05) is 39.6 Å². The molecule has 0 aliphatic rings. The summed E-state index contributed by atoms with van der Waals surface area (Å²) in [5.41, 5.74) is 4.58. The summed E-state index contributed by atoms with van der Waals surface area (Å²) in [6, 6.07) is 17.3. The Hall–Kier alpha value is -3.42. The van der Waals surface area contributed by atoms with Crippen molar-refractivity contribution in [2.75, 3.05) is 6.61 Å². The van der Waals surface area contributed by atoms with Crippen molar-refractivity contribution in [1.82, 2.24) is 19.4 Å². The average molecular weight is 418 g/mol. The van der Waals surface area contributed by atoms with Crippen LogP contribution in [0.25, 0.3) is 11.0 Å². The summed E-state index contributed by atoms with van der Waals surface area (Å²) in [7, 11) is 3.47. The number of fused-ring (bicyclic) bond motifs is 1. The molecule has 2 aromatic carbocycles. The lowest BCUT2D eigenvalue weighted by atomic mass is 10.1. The fourth-order valence-corrected chi connectivity index (χ4v) is 3.56. The van der Waals surface area contributed by atoms with E-state index in [1.165, 1.54) is 5.56 Å². The first-order chi connectivity index (χ1) is 15.0. The minimum atomic E-state index is -0.790. The summed E-state index contributed by atoms with van der Waals surface area (Å²) in [5.74, 6) is 0.699. The number of aromatic nitrogens is 3. The molecule has 0 bridgehead atoms. The largest absolute Gasteiger partial charge is 0.491 e. The van der Waals surface area contributed by atoms with E-state index >= 15 is 0 Å². The second-order valence-electron chi connectivity index (χ2n) is 7.58. The van der Waals surface area contributed by atoms with Crippen LogP contribution >= 0.6 is 0 Å². The van der Waals surface area contributed by atoms with Crippen LogP contribution in [-0.2, 0) is 27.2 Å². The fraction of sp³-hybridized carbons (Fsp3) is 0.250. The monoisotopic (exact) mass is 418 g/mol. The van der Waals surface area contributed by atoms with Gasteiger partial charge in [-0.25, -0.2) is 4.79 Å². The minimum Gasteiger partial charge on any atom is -0.491 e. The maximum absolute atomic E-state index is 12.1. The zero-order valence-electron chi connectivity index (χ0n) is 17.7. The number of hydrogen-bond donors (Lipinski definition) is 2. The molecule has 2 N–H and O–H groups in total. The normalized spacial score (nSPS) is 12.2. The van der Waals surface area contributed by atoms with Crippen molar-refractivity contribution >= 4 is 11.0 Å². The van der Waals surface area contributed by atoms with Crippen LogP contribution in [-0.4, -0.2) is 25.8 Å². The highest BCUT2D eigenvalue weighted by molar-refractivity contribution is 5.76. The molecule has 4 rings (SSSR count). The Kier molecular flexibility index (Phi) is 6.16. The molecule has 0 saturated heterocycles. The summed E-state index contributed by atoms with van der Waals surface area (Å²) in [4.78, 5) is 16.1. The third kappa shape index (κ3) is 4.68.